The smallest absolute Gasteiger partial charge is 0.244 e. The minimum absolute atomic E-state index is 0.117. The van der Waals surface area contributed by atoms with Crippen LogP contribution in [-0.2, 0) is 11.3 Å². The molecule has 1 amide bonds. The zero-order chi connectivity index (χ0) is 17.1. The van der Waals surface area contributed by atoms with Crippen LogP contribution in [0.1, 0.15) is 5.56 Å². The first-order valence-electron chi connectivity index (χ1n) is 8.19. The van der Waals surface area contributed by atoms with Gasteiger partial charge in [0.2, 0.25) is 12.7 Å². The number of carbonyl (C=O) groups excluding carboxylic acids is 1. The van der Waals surface area contributed by atoms with Gasteiger partial charge in [-0.1, -0.05) is 24.3 Å². The molecule has 0 atom stereocenters. The fourth-order valence-corrected chi connectivity index (χ4v) is 2.88. The summed E-state index contributed by atoms with van der Waals surface area (Å²) >= 11 is 0. The van der Waals surface area contributed by atoms with Crippen molar-refractivity contribution in [2.45, 2.75) is 6.54 Å². The second kappa shape index (κ2) is 6.73. The third-order valence-corrected chi connectivity index (χ3v) is 4.16. The predicted octanol–water partition coefficient (Wildman–Crippen LogP) is 3.20. The van der Waals surface area contributed by atoms with E-state index in [4.69, 9.17) is 9.47 Å². The number of hydrogen-bond acceptors (Lipinski definition) is 3. The van der Waals surface area contributed by atoms with E-state index in [9.17, 15) is 4.79 Å². The van der Waals surface area contributed by atoms with Crippen molar-refractivity contribution in [2.24, 2.45) is 0 Å². The largest absolute Gasteiger partial charge is 0.454 e. The van der Waals surface area contributed by atoms with Crippen LogP contribution in [0.3, 0.4) is 0 Å². The number of rotatable bonds is 5. The molecule has 3 aromatic rings. The van der Waals surface area contributed by atoms with Crippen molar-refractivity contribution in [3.8, 4) is 11.5 Å². The molecule has 0 bridgehead atoms. The Morgan fingerprint density at radius 1 is 1.12 bits per heavy atom. The van der Waals surface area contributed by atoms with E-state index in [1.165, 1.54) is 17.0 Å². The van der Waals surface area contributed by atoms with Crippen LogP contribution in [-0.4, -0.2) is 23.8 Å². The summed E-state index contributed by atoms with van der Waals surface area (Å²) in [5.74, 6) is 1.33. The fourth-order valence-electron chi connectivity index (χ4n) is 2.88. The molecule has 1 aromatic heterocycles. The SMILES string of the molecule is O=C(/C=C/c1ccc2c(c1)OCO2)NCCn1ccc2ccccc21. The Hall–Kier alpha value is -3.21. The van der Waals surface area contributed by atoms with Gasteiger partial charge in [0.05, 0.1) is 0 Å². The molecule has 0 aliphatic carbocycles. The van der Waals surface area contributed by atoms with Gasteiger partial charge in [0.15, 0.2) is 11.5 Å². The summed E-state index contributed by atoms with van der Waals surface area (Å²) in [5.41, 5.74) is 2.07. The van der Waals surface area contributed by atoms with Crippen LogP contribution in [0.25, 0.3) is 17.0 Å². The van der Waals surface area contributed by atoms with Gasteiger partial charge in [-0.25, -0.2) is 0 Å². The van der Waals surface area contributed by atoms with E-state index >= 15 is 0 Å². The predicted molar refractivity (Wildman–Crippen MR) is 96.5 cm³/mol. The van der Waals surface area contributed by atoms with Crippen LogP contribution in [0.4, 0.5) is 0 Å². The number of fused-ring (bicyclic) bond motifs is 2. The van der Waals surface area contributed by atoms with E-state index in [0.29, 0.717) is 12.3 Å². The number of amides is 1. The second-order valence-electron chi connectivity index (χ2n) is 5.81. The van der Waals surface area contributed by atoms with E-state index in [1.54, 1.807) is 6.08 Å². The molecular formula is C20H18N2O3. The van der Waals surface area contributed by atoms with E-state index in [0.717, 1.165) is 17.9 Å². The summed E-state index contributed by atoms with van der Waals surface area (Å²) < 4.78 is 12.7. The van der Waals surface area contributed by atoms with Crippen molar-refractivity contribution in [3.05, 3.63) is 66.4 Å². The summed E-state index contributed by atoms with van der Waals surface area (Å²) in [6, 6.07) is 15.9. The molecule has 126 valence electrons. The van der Waals surface area contributed by atoms with Gasteiger partial charge >= 0.3 is 0 Å². The van der Waals surface area contributed by atoms with Crippen LogP contribution in [0.2, 0.25) is 0 Å². The Labute approximate surface area is 145 Å². The van der Waals surface area contributed by atoms with Crippen LogP contribution in [0.15, 0.2) is 60.8 Å². The molecule has 25 heavy (non-hydrogen) atoms. The lowest BCUT2D eigenvalue weighted by Gasteiger charge is -2.06. The minimum Gasteiger partial charge on any atom is -0.454 e. The van der Waals surface area contributed by atoms with Gasteiger partial charge in [-0.15, -0.1) is 0 Å². The van der Waals surface area contributed by atoms with Gasteiger partial charge in [0.1, 0.15) is 0 Å². The third-order valence-electron chi connectivity index (χ3n) is 4.16. The molecule has 5 nitrogen and oxygen atoms in total. The van der Waals surface area contributed by atoms with Gasteiger partial charge in [-0.2, -0.15) is 0 Å². The first kappa shape index (κ1) is 15.3. The number of nitrogens with zero attached hydrogens (tertiary/aromatic N) is 1. The van der Waals surface area contributed by atoms with Gasteiger partial charge in [0, 0.05) is 30.9 Å². The molecule has 1 aliphatic rings. The van der Waals surface area contributed by atoms with Gasteiger partial charge in [-0.3, -0.25) is 4.79 Å². The maximum absolute atomic E-state index is 12.0. The molecule has 0 radical (unpaired) electrons. The van der Waals surface area contributed by atoms with Crippen molar-refractivity contribution in [3.63, 3.8) is 0 Å². The van der Waals surface area contributed by atoms with Crippen LogP contribution < -0.4 is 14.8 Å². The Balaban J connectivity index is 1.32. The molecule has 0 fully saturated rings. The summed E-state index contributed by atoms with van der Waals surface area (Å²) in [4.78, 5) is 12.0. The number of aromatic nitrogens is 1. The molecule has 4 rings (SSSR count). The minimum atomic E-state index is -0.117. The molecular weight excluding hydrogens is 316 g/mol. The lowest BCUT2D eigenvalue weighted by Crippen LogP contribution is -2.25. The molecule has 0 spiro atoms. The lowest BCUT2D eigenvalue weighted by atomic mass is 10.2. The molecule has 0 saturated carbocycles. The van der Waals surface area contributed by atoms with Gasteiger partial charge in [0.25, 0.3) is 0 Å². The number of hydrogen-bond donors (Lipinski definition) is 1. The number of para-hydroxylation sites is 1. The average molecular weight is 334 g/mol. The first-order chi connectivity index (χ1) is 12.3. The van der Waals surface area contributed by atoms with Crippen LogP contribution >= 0.6 is 0 Å². The molecule has 0 saturated heterocycles. The summed E-state index contributed by atoms with van der Waals surface area (Å²) in [6.07, 6.45) is 5.34. The zero-order valence-corrected chi connectivity index (χ0v) is 13.6. The highest BCUT2D eigenvalue weighted by Crippen LogP contribution is 2.32. The number of nitrogens with one attached hydrogen (secondary N) is 1. The van der Waals surface area contributed by atoms with Crippen LogP contribution in [0, 0.1) is 0 Å². The highest BCUT2D eigenvalue weighted by Gasteiger charge is 2.12. The highest BCUT2D eigenvalue weighted by atomic mass is 16.7. The zero-order valence-electron chi connectivity index (χ0n) is 13.6. The Morgan fingerprint density at radius 3 is 2.96 bits per heavy atom. The van der Waals surface area contributed by atoms with Crippen molar-refractivity contribution in [1.82, 2.24) is 9.88 Å². The molecule has 1 aliphatic heterocycles. The highest BCUT2D eigenvalue weighted by molar-refractivity contribution is 5.91. The Morgan fingerprint density at radius 2 is 2.00 bits per heavy atom. The number of benzene rings is 2. The van der Waals surface area contributed by atoms with Crippen molar-refractivity contribution >= 4 is 22.9 Å². The van der Waals surface area contributed by atoms with E-state index in [1.807, 2.05) is 36.5 Å². The maximum Gasteiger partial charge on any atom is 0.244 e. The normalized spacial score (nSPS) is 12.8. The molecule has 2 heterocycles. The topological polar surface area (TPSA) is 52.5 Å². The second-order valence-corrected chi connectivity index (χ2v) is 5.81. The lowest BCUT2D eigenvalue weighted by molar-refractivity contribution is -0.116. The number of ether oxygens (including phenoxy) is 2. The number of carbonyl (C=O) groups is 1. The van der Waals surface area contributed by atoms with Crippen molar-refractivity contribution in [2.75, 3.05) is 13.3 Å². The van der Waals surface area contributed by atoms with Gasteiger partial charge in [-0.05, 0) is 41.3 Å². The monoisotopic (exact) mass is 334 g/mol. The molecule has 2 aromatic carbocycles. The quantitative estimate of drug-likeness (QED) is 0.729. The van der Waals surface area contributed by atoms with E-state index in [2.05, 4.69) is 28.1 Å². The van der Waals surface area contributed by atoms with Crippen molar-refractivity contribution in [1.29, 1.82) is 0 Å². The molecule has 5 heteroatoms. The fraction of sp³-hybridized carbons (Fsp3) is 0.150. The molecule has 0 unspecified atom stereocenters. The maximum atomic E-state index is 12.0. The van der Waals surface area contributed by atoms with E-state index < -0.39 is 0 Å². The van der Waals surface area contributed by atoms with Crippen LogP contribution in [0.5, 0.6) is 11.5 Å². The summed E-state index contributed by atoms with van der Waals surface area (Å²) in [6.45, 7) is 1.55. The van der Waals surface area contributed by atoms with Crippen molar-refractivity contribution < 1.29 is 14.3 Å². The summed E-state index contributed by atoms with van der Waals surface area (Å²) in [7, 11) is 0. The Bertz CT molecular complexity index is 943. The molecule has 1 N–H and O–H groups in total. The first-order valence-corrected chi connectivity index (χ1v) is 8.19. The average Bonchev–Trinajstić information content (AvgIpc) is 3.26. The Kier molecular flexibility index (Phi) is 4.12. The standard InChI is InChI=1S/C20H18N2O3/c23-20(8-6-15-5-7-18-19(13-15)25-14-24-18)21-10-12-22-11-9-16-3-1-2-4-17(16)22/h1-9,11,13H,10,12,14H2,(H,21,23)/b8-6+. The van der Waals surface area contributed by atoms with Gasteiger partial charge < -0.3 is 19.4 Å². The third kappa shape index (κ3) is 3.35. The van der Waals surface area contributed by atoms with E-state index in [-0.39, 0.29) is 12.7 Å². The summed E-state index contributed by atoms with van der Waals surface area (Å²) in [5, 5.41) is 4.11.